The van der Waals surface area contributed by atoms with Crippen LogP contribution in [0.1, 0.15) is 25.0 Å². The Hall–Kier alpha value is -2.10. The molecular formula is C22H27BrClN3O4S. The van der Waals surface area contributed by atoms with E-state index in [2.05, 4.69) is 21.2 Å². The first-order valence-corrected chi connectivity index (χ1v) is 13.0. The van der Waals surface area contributed by atoms with E-state index in [1.54, 1.807) is 39.0 Å². The topological polar surface area (TPSA) is 86.8 Å². The molecule has 2 rings (SSSR count). The molecule has 0 fully saturated rings. The van der Waals surface area contributed by atoms with Crippen molar-refractivity contribution in [2.24, 2.45) is 0 Å². The Morgan fingerprint density at radius 2 is 1.88 bits per heavy atom. The van der Waals surface area contributed by atoms with E-state index in [4.69, 9.17) is 11.6 Å². The molecule has 0 aromatic heterocycles. The lowest BCUT2D eigenvalue weighted by Gasteiger charge is -2.32. The standard InChI is InChI=1S/C22H27BrClN3O4S/c1-5-25-22(29)16(3)26(13-17-7-6-8-18(23)12-17)21(28)14-27(32(4,30)31)20-10-9-19(24)11-15(20)2/h6-12,16H,5,13-14H2,1-4H3,(H,25,29). The highest BCUT2D eigenvalue weighted by atomic mass is 79.9. The normalized spacial score (nSPS) is 12.2. The van der Waals surface area contributed by atoms with Crippen molar-refractivity contribution >= 4 is 55.1 Å². The van der Waals surface area contributed by atoms with Crippen LogP contribution < -0.4 is 9.62 Å². The van der Waals surface area contributed by atoms with Gasteiger partial charge in [0.1, 0.15) is 12.6 Å². The first-order chi connectivity index (χ1) is 14.9. The lowest BCUT2D eigenvalue weighted by molar-refractivity contribution is -0.139. The van der Waals surface area contributed by atoms with E-state index < -0.39 is 28.5 Å². The highest BCUT2D eigenvalue weighted by molar-refractivity contribution is 9.10. The highest BCUT2D eigenvalue weighted by Gasteiger charge is 2.30. The summed E-state index contributed by atoms with van der Waals surface area (Å²) in [5.41, 5.74) is 1.78. The fourth-order valence-corrected chi connectivity index (χ4v) is 4.81. The Bertz CT molecular complexity index is 1090. The molecule has 1 atom stereocenters. The summed E-state index contributed by atoms with van der Waals surface area (Å²) in [6.45, 7) is 5.26. The van der Waals surface area contributed by atoms with Gasteiger partial charge in [-0.05, 0) is 62.2 Å². The zero-order chi connectivity index (χ0) is 24.1. The number of rotatable bonds is 9. The Balaban J connectivity index is 2.42. The van der Waals surface area contributed by atoms with Gasteiger partial charge in [-0.25, -0.2) is 8.42 Å². The van der Waals surface area contributed by atoms with Crippen LogP contribution in [0.3, 0.4) is 0 Å². The van der Waals surface area contributed by atoms with E-state index in [0.29, 0.717) is 22.8 Å². The van der Waals surface area contributed by atoms with E-state index in [9.17, 15) is 18.0 Å². The summed E-state index contributed by atoms with van der Waals surface area (Å²) in [6, 6.07) is 11.4. The molecule has 0 heterocycles. The first kappa shape index (κ1) is 26.2. The van der Waals surface area contributed by atoms with Gasteiger partial charge >= 0.3 is 0 Å². The average Bonchev–Trinajstić information content (AvgIpc) is 2.69. The van der Waals surface area contributed by atoms with Gasteiger partial charge in [0.25, 0.3) is 0 Å². The maximum atomic E-state index is 13.4. The number of sulfonamides is 1. The van der Waals surface area contributed by atoms with E-state index in [-0.39, 0.29) is 12.5 Å². The Morgan fingerprint density at radius 1 is 1.19 bits per heavy atom. The molecule has 32 heavy (non-hydrogen) atoms. The van der Waals surface area contributed by atoms with Crippen LogP contribution in [0.4, 0.5) is 5.69 Å². The van der Waals surface area contributed by atoms with Crippen molar-refractivity contribution < 1.29 is 18.0 Å². The van der Waals surface area contributed by atoms with Crippen molar-refractivity contribution in [3.63, 3.8) is 0 Å². The number of anilines is 1. The molecule has 0 aliphatic heterocycles. The second kappa shape index (κ2) is 11.2. The first-order valence-electron chi connectivity index (χ1n) is 9.99. The molecule has 0 aliphatic carbocycles. The number of aryl methyl sites for hydroxylation is 1. The van der Waals surface area contributed by atoms with Crippen molar-refractivity contribution in [1.29, 1.82) is 0 Å². The van der Waals surface area contributed by atoms with Crippen LogP contribution in [0.5, 0.6) is 0 Å². The molecule has 174 valence electrons. The fraction of sp³-hybridized carbons (Fsp3) is 0.364. The third kappa shape index (κ3) is 6.95. The van der Waals surface area contributed by atoms with Crippen LogP contribution >= 0.6 is 27.5 Å². The number of benzene rings is 2. The molecule has 1 unspecified atom stereocenters. The minimum absolute atomic E-state index is 0.147. The van der Waals surface area contributed by atoms with Crippen LogP contribution in [0.2, 0.25) is 5.02 Å². The number of likely N-dealkylation sites (N-methyl/N-ethyl adjacent to an activating group) is 1. The summed E-state index contributed by atoms with van der Waals surface area (Å²) in [6.07, 6.45) is 1.04. The van der Waals surface area contributed by atoms with Gasteiger partial charge in [-0.3, -0.25) is 13.9 Å². The molecule has 0 bridgehead atoms. The zero-order valence-electron chi connectivity index (χ0n) is 18.4. The molecule has 0 saturated carbocycles. The lowest BCUT2D eigenvalue weighted by Crippen LogP contribution is -2.51. The minimum atomic E-state index is -3.78. The molecule has 0 spiro atoms. The molecule has 2 amide bonds. The van der Waals surface area contributed by atoms with Gasteiger partial charge in [0.2, 0.25) is 21.8 Å². The van der Waals surface area contributed by atoms with Gasteiger partial charge in [-0.15, -0.1) is 0 Å². The molecular weight excluding hydrogens is 518 g/mol. The largest absolute Gasteiger partial charge is 0.355 e. The van der Waals surface area contributed by atoms with E-state index in [1.807, 2.05) is 24.3 Å². The molecule has 2 aromatic rings. The SMILES string of the molecule is CCNC(=O)C(C)N(Cc1cccc(Br)c1)C(=O)CN(c1ccc(Cl)cc1C)S(C)(=O)=O. The summed E-state index contributed by atoms with van der Waals surface area (Å²) in [7, 11) is -3.78. The summed E-state index contributed by atoms with van der Waals surface area (Å²) in [5, 5.41) is 3.18. The molecule has 1 N–H and O–H groups in total. The van der Waals surface area contributed by atoms with Gasteiger partial charge in [0.05, 0.1) is 11.9 Å². The highest BCUT2D eigenvalue weighted by Crippen LogP contribution is 2.26. The zero-order valence-corrected chi connectivity index (χ0v) is 21.6. The Labute approximate surface area is 202 Å². The Kier molecular flexibility index (Phi) is 9.12. The maximum absolute atomic E-state index is 13.4. The van der Waals surface area contributed by atoms with Gasteiger partial charge < -0.3 is 10.2 Å². The lowest BCUT2D eigenvalue weighted by atomic mass is 10.1. The summed E-state index contributed by atoms with van der Waals surface area (Å²) >= 11 is 9.42. The number of nitrogens with one attached hydrogen (secondary N) is 1. The summed E-state index contributed by atoms with van der Waals surface area (Å²) in [5.74, 6) is -0.812. The second-order valence-corrected chi connectivity index (χ2v) is 10.7. The average molecular weight is 545 g/mol. The van der Waals surface area contributed by atoms with Crippen LogP contribution in [0.25, 0.3) is 0 Å². The number of nitrogens with zero attached hydrogens (tertiary/aromatic N) is 2. The van der Waals surface area contributed by atoms with E-state index in [0.717, 1.165) is 20.6 Å². The number of halogens is 2. The number of carbonyl (C=O) groups excluding carboxylic acids is 2. The summed E-state index contributed by atoms with van der Waals surface area (Å²) < 4.78 is 27.0. The van der Waals surface area contributed by atoms with Crippen LogP contribution in [0.15, 0.2) is 46.9 Å². The molecule has 7 nitrogen and oxygen atoms in total. The molecule has 0 aliphatic rings. The smallest absolute Gasteiger partial charge is 0.244 e. The van der Waals surface area contributed by atoms with E-state index in [1.165, 1.54) is 4.90 Å². The van der Waals surface area contributed by atoms with Gasteiger partial charge in [-0.2, -0.15) is 0 Å². The quantitative estimate of drug-likeness (QED) is 0.521. The van der Waals surface area contributed by atoms with Crippen LogP contribution in [0, 0.1) is 6.92 Å². The third-order valence-electron chi connectivity index (χ3n) is 4.87. The van der Waals surface area contributed by atoms with Gasteiger partial charge in [0.15, 0.2) is 0 Å². The van der Waals surface area contributed by atoms with Crippen molar-refractivity contribution in [3.8, 4) is 0 Å². The van der Waals surface area contributed by atoms with Crippen molar-refractivity contribution in [3.05, 3.63) is 63.1 Å². The van der Waals surface area contributed by atoms with E-state index >= 15 is 0 Å². The van der Waals surface area contributed by atoms with Gasteiger partial charge in [0, 0.05) is 22.6 Å². The summed E-state index contributed by atoms with van der Waals surface area (Å²) in [4.78, 5) is 27.3. The Morgan fingerprint density at radius 3 is 2.44 bits per heavy atom. The van der Waals surface area contributed by atoms with Crippen LogP contribution in [-0.4, -0.2) is 50.5 Å². The third-order valence-corrected chi connectivity index (χ3v) is 6.72. The predicted molar refractivity (Wildman–Crippen MR) is 131 cm³/mol. The predicted octanol–water partition coefficient (Wildman–Crippen LogP) is 3.73. The molecule has 0 radical (unpaired) electrons. The number of hydrogen-bond acceptors (Lipinski definition) is 4. The molecule has 0 saturated heterocycles. The number of carbonyl (C=O) groups is 2. The van der Waals surface area contributed by atoms with Gasteiger partial charge in [-0.1, -0.05) is 39.7 Å². The monoisotopic (exact) mass is 543 g/mol. The van der Waals surface area contributed by atoms with Crippen molar-refractivity contribution in [2.75, 3.05) is 23.7 Å². The van der Waals surface area contributed by atoms with Crippen molar-refractivity contribution in [2.45, 2.75) is 33.4 Å². The molecule has 2 aromatic carbocycles. The van der Waals surface area contributed by atoms with Crippen molar-refractivity contribution in [1.82, 2.24) is 10.2 Å². The fourth-order valence-electron chi connectivity index (χ4n) is 3.23. The molecule has 10 heteroatoms. The minimum Gasteiger partial charge on any atom is -0.355 e. The second-order valence-electron chi connectivity index (χ2n) is 7.42. The number of hydrogen-bond donors (Lipinski definition) is 1. The number of amides is 2. The maximum Gasteiger partial charge on any atom is 0.244 e. The van der Waals surface area contributed by atoms with Crippen LogP contribution in [-0.2, 0) is 26.2 Å².